The number of rotatable bonds is 8. The first-order valence-corrected chi connectivity index (χ1v) is 14.7. The van der Waals surface area contributed by atoms with Crippen molar-refractivity contribution in [3.8, 4) is 11.3 Å². The predicted molar refractivity (Wildman–Crippen MR) is 154 cm³/mol. The molecule has 2 aliphatic rings. The highest BCUT2D eigenvalue weighted by atomic mass is 32.1. The van der Waals surface area contributed by atoms with Gasteiger partial charge in [-0.3, -0.25) is 9.30 Å². The molecule has 0 radical (unpaired) electrons. The molecule has 40 heavy (non-hydrogen) atoms. The van der Waals surface area contributed by atoms with Crippen LogP contribution in [0.25, 0.3) is 16.9 Å². The van der Waals surface area contributed by atoms with Crippen LogP contribution in [0.4, 0.5) is 21.0 Å². The number of pyridine rings is 1. The van der Waals surface area contributed by atoms with Crippen LogP contribution in [0.1, 0.15) is 37.3 Å². The fourth-order valence-electron chi connectivity index (χ4n) is 5.39. The van der Waals surface area contributed by atoms with E-state index in [2.05, 4.69) is 59.9 Å². The Hall–Kier alpha value is -3.90. The summed E-state index contributed by atoms with van der Waals surface area (Å²) in [5.74, 6) is 1.74. The molecule has 0 bridgehead atoms. The number of benzene rings is 1. The van der Waals surface area contributed by atoms with Crippen LogP contribution in [0, 0.1) is 5.82 Å². The van der Waals surface area contributed by atoms with E-state index in [1.165, 1.54) is 30.7 Å². The van der Waals surface area contributed by atoms with Crippen LogP contribution >= 0.6 is 11.3 Å². The first-order chi connectivity index (χ1) is 19.6. The molecule has 1 aromatic carbocycles. The lowest BCUT2D eigenvalue weighted by Crippen LogP contribution is -2.46. The first-order valence-electron chi connectivity index (χ1n) is 13.8. The highest BCUT2D eigenvalue weighted by molar-refractivity contribution is 7.14. The molecule has 206 valence electrons. The van der Waals surface area contributed by atoms with Crippen LogP contribution in [-0.4, -0.2) is 72.7 Å². The summed E-state index contributed by atoms with van der Waals surface area (Å²) in [7, 11) is 2.04. The molecular formula is C28H31FN10S. The van der Waals surface area contributed by atoms with Gasteiger partial charge in [0.05, 0.1) is 29.7 Å². The van der Waals surface area contributed by atoms with E-state index in [-0.39, 0.29) is 5.82 Å². The predicted octanol–water partition coefficient (Wildman–Crippen LogP) is 4.57. The van der Waals surface area contributed by atoms with Gasteiger partial charge in [-0.2, -0.15) is 0 Å². The van der Waals surface area contributed by atoms with Crippen molar-refractivity contribution in [2.45, 2.75) is 38.8 Å². The van der Waals surface area contributed by atoms with Gasteiger partial charge in [-0.1, -0.05) is 6.92 Å². The number of hydrogen-bond donors (Lipinski definition) is 0. The maximum Gasteiger partial charge on any atom is 0.191 e. The summed E-state index contributed by atoms with van der Waals surface area (Å²) < 4.78 is 17.6. The van der Waals surface area contributed by atoms with Crippen molar-refractivity contribution in [3.05, 3.63) is 65.3 Å². The Morgan fingerprint density at radius 3 is 2.58 bits per heavy atom. The second kappa shape index (κ2) is 10.3. The zero-order valence-corrected chi connectivity index (χ0v) is 23.4. The van der Waals surface area contributed by atoms with E-state index in [1.807, 2.05) is 17.1 Å². The van der Waals surface area contributed by atoms with Crippen LogP contribution in [0.2, 0.25) is 0 Å². The van der Waals surface area contributed by atoms with Crippen molar-refractivity contribution < 1.29 is 4.39 Å². The number of thiazole rings is 1. The number of piperazine rings is 1. The Morgan fingerprint density at radius 1 is 1.02 bits per heavy atom. The lowest BCUT2D eigenvalue weighted by Gasteiger charge is -2.35. The molecule has 1 aliphatic carbocycles. The van der Waals surface area contributed by atoms with Crippen LogP contribution in [0.3, 0.4) is 0 Å². The summed E-state index contributed by atoms with van der Waals surface area (Å²) in [5.41, 5.74) is 4.86. The fraction of sp³-hybridized carbons (Fsp3) is 0.393. The minimum atomic E-state index is -0.248. The molecule has 1 aliphatic heterocycles. The summed E-state index contributed by atoms with van der Waals surface area (Å²) in [6, 6.07) is 11.2. The Kier molecular flexibility index (Phi) is 6.43. The molecule has 10 nitrogen and oxygen atoms in total. The van der Waals surface area contributed by atoms with Crippen LogP contribution in [0.15, 0.2) is 48.0 Å². The van der Waals surface area contributed by atoms with Gasteiger partial charge in [-0.15, -0.1) is 16.4 Å². The highest BCUT2D eigenvalue weighted by Crippen LogP contribution is 2.36. The van der Waals surface area contributed by atoms with E-state index in [1.54, 1.807) is 23.5 Å². The standard InChI is InChI=1S/C28H31FN10S/c1-3-23-27(35(2)28-31-24(18-40-28)19-4-6-20(29)7-5-19)38-16-22(10-11-25(38)30-23)37-14-12-36(13-15-37)17-26-32-33-34-39(26)21-8-9-21/h4-7,10-11,16,18,21H,3,8-9,12-15,17H2,1-2H3. The maximum absolute atomic E-state index is 13.4. The number of tetrazole rings is 1. The van der Waals surface area contributed by atoms with Crippen molar-refractivity contribution in [3.63, 3.8) is 0 Å². The largest absolute Gasteiger partial charge is 0.368 e. The average Bonchev–Trinajstić information content (AvgIpc) is 3.36. The van der Waals surface area contributed by atoms with Crippen LogP contribution in [-0.2, 0) is 13.0 Å². The Bertz CT molecular complexity index is 1630. The summed E-state index contributed by atoms with van der Waals surface area (Å²) in [4.78, 5) is 16.8. The summed E-state index contributed by atoms with van der Waals surface area (Å²) in [6.45, 7) is 6.70. The minimum absolute atomic E-state index is 0.248. The Labute approximate surface area is 235 Å². The van der Waals surface area contributed by atoms with Crippen molar-refractivity contribution in [1.29, 1.82) is 0 Å². The van der Waals surface area contributed by atoms with Crippen molar-refractivity contribution >= 4 is 33.6 Å². The van der Waals surface area contributed by atoms with Crippen LogP contribution in [0.5, 0.6) is 0 Å². The van der Waals surface area contributed by atoms with E-state index in [9.17, 15) is 4.39 Å². The monoisotopic (exact) mass is 558 g/mol. The summed E-state index contributed by atoms with van der Waals surface area (Å²) in [5, 5.41) is 15.3. The SMILES string of the molecule is CCc1nc2ccc(N3CCN(Cc4nnnn4C4CC4)CC3)cn2c1N(C)c1nc(-c2ccc(F)cc2)cs1. The molecule has 7 rings (SSSR count). The lowest BCUT2D eigenvalue weighted by atomic mass is 10.2. The maximum atomic E-state index is 13.4. The molecular weight excluding hydrogens is 527 g/mol. The molecule has 0 spiro atoms. The fourth-order valence-corrected chi connectivity index (χ4v) is 6.20. The molecule has 0 atom stereocenters. The molecule has 0 amide bonds. The van der Waals surface area contributed by atoms with E-state index in [0.717, 1.165) is 78.5 Å². The number of imidazole rings is 1. The molecule has 0 N–H and O–H groups in total. The second-order valence-corrected chi connectivity index (χ2v) is 11.3. The normalized spacial score (nSPS) is 16.2. The van der Waals surface area contributed by atoms with Gasteiger partial charge in [-0.05, 0) is 66.1 Å². The van der Waals surface area contributed by atoms with Crippen molar-refractivity contribution in [2.75, 3.05) is 43.0 Å². The molecule has 1 saturated heterocycles. The van der Waals surface area contributed by atoms with Gasteiger partial charge in [-0.25, -0.2) is 19.0 Å². The molecule has 12 heteroatoms. The number of nitrogens with zero attached hydrogens (tertiary/aromatic N) is 10. The van der Waals surface area contributed by atoms with Gasteiger partial charge in [0.15, 0.2) is 11.0 Å². The number of halogens is 1. The van der Waals surface area contributed by atoms with Gasteiger partial charge in [0.1, 0.15) is 17.3 Å². The zero-order valence-electron chi connectivity index (χ0n) is 22.6. The van der Waals surface area contributed by atoms with E-state index >= 15 is 0 Å². The first kappa shape index (κ1) is 25.1. The minimum Gasteiger partial charge on any atom is -0.368 e. The smallest absolute Gasteiger partial charge is 0.191 e. The number of aryl methyl sites for hydroxylation is 1. The molecule has 2 fully saturated rings. The number of fused-ring (bicyclic) bond motifs is 1. The zero-order chi connectivity index (χ0) is 27.2. The third-order valence-corrected chi connectivity index (χ3v) is 8.69. The van der Waals surface area contributed by atoms with E-state index < -0.39 is 0 Å². The van der Waals surface area contributed by atoms with E-state index in [0.29, 0.717) is 6.04 Å². The number of hydrogen-bond acceptors (Lipinski definition) is 9. The van der Waals surface area contributed by atoms with Gasteiger partial charge >= 0.3 is 0 Å². The van der Waals surface area contributed by atoms with E-state index in [4.69, 9.17) is 9.97 Å². The van der Waals surface area contributed by atoms with Crippen LogP contribution < -0.4 is 9.80 Å². The van der Waals surface area contributed by atoms with Crippen molar-refractivity contribution in [2.24, 2.45) is 0 Å². The third-order valence-electron chi connectivity index (χ3n) is 7.77. The van der Waals surface area contributed by atoms with Crippen molar-refractivity contribution in [1.82, 2.24) is 39.5 Å². The van der Waals surface area contributed by atoms with Gasteiger partial charge < -0.3 is 9.80 Å². The third kappa shape index (κ3) is 4.71. The lowest BCUT2D eigenvalue weighted by molar-refractivity contribution is 0.239. The Balaban J connectivity index is 1.10. The number of anilines is 3. The quantitative estimate of drug-likeness (QED) is 0.274. The molecule has 5 aromatic rings. The second-order valence-electron chi connectivity index (χ2n) is 10.5. The average molecular weight is 559 g/mol. The van der Waals surface area contributed by atoms with Gasteiger partial charge in [0.2, 0.25) is 0 Å². The molecule has 5 heterocycles. The molecule has 0 unspecified atom stereocenters. The summed E-state index contributed by atoms with van der Waals surface area (Å²) >= 11 is 1.57. The topological polar surface area (TPSA) is 83.5 Å². The molecule has 1 saturated carbocycles. The molecule has 4 aromatic heterocycles. The number of aromatic nitrogens is 7. The Morgan fingerprint density at radius 2 is 1.82 bits per heavy atom. The van der Waals surface area contributed by atoms with Gasteiger partial charge in [0, 0.05) is 50.4 Å². The summed E-state index contributed by atoms with van der Waals surface area (Å²) in [6.07, 6.45) is 5.37. The van der Waals surface area contributed by atoms with Gasteiger partial charge in [0.25, 0.3) is 0 Å². The highest BCUT2D eigenvalue weighted by Gasteiger charge is 2.29.